The molecule has 1 N–H and O–H groups in total. The van der Waals surface area contributed by atoms with Crippen LogP contribution in [0.4, 0.5) is 0 Å². The van der Waals surface area contributed by atoms with Gasteiger partial charge in [-0.1, -0.05) is 19.1 Å². The molecule has 20 heavy (non-hydrogen) atoms. The summed E-state index contributed by atoms with van der Waals surface area (Å²) in [6.07, 6.45) is 2.13. The van der Waals surface area contributed by atoms with Crippen molar-refractivity contribution in [3.8, 4) is 5.75 Å². The molecule has 0 aliphatic heterocycles. The first-order valence-electron chi connectivity index (χ1n) is 7.27. The number of benzene rings is 1. The Hall–Kier alpha value is -1.32. The van der Waals surface area contributed by atoms with Gasteiger partial charge in [0.25, 0.3) is 0 Å². The van der Waals surface area contributed by atoms with Gasteiger partial charge in [0.05, 0.1) is 6.61 Å². The molecule has 1 unspecified atom stereocenters. The van der Waals surface area contributed by atoms with Crippen LogP contribution in [-0.2, 0) is 6.42 Å². The number of ether oxygens (including phenoxy) is 1. The van der Waals surface area contributed by atoms with Crippen molar-refractivity contribution in [2.75, 3.05) is 13.2 Å². The van der Waals surface area contributed by atoms with Gasteiger partial charge >= 0.3 is 0 Å². The first-order chi connectivity index (χ1) is 9.79. The summed E-state index contributed by atoms with van der Waals surface area (Å²) >= 11 is 1.76. The normalized spacial score (nSPS) is 12.3. The van der Waals surface area contributed by atoms with Crippen molar-refractivity contribution in [3.05, 3.63) is 52.2 Å². The average molecular weight is 289 g/mol. The SMILES string of the molecule is CCCOc1ccc(C(C)NCCc2ccsc2)cc1. The Balaban J connectivity index is 1.78. The van der Waals surface area contributed by atoms with Crippen LogP contribution in [0.3, 0.4) is 0 Å². The van der Waals surface area contributed by atoms with Crippen LogP contribution in [0, 0.1) is 0 Å². The van der Waals surface area contributed by atoms with Gasteiger partial charge in [-0.05, 0) is 66.4 Å². The minimum atomic E-state index is 0.369. The third-order valence-corrected chi connectivity index (χ3v) is 4.03. The average Bonchev–Trinajstić information content (AvgIpc) is 2.99. The molecular weight excluding hydrogens is 266 g/mol. The van der Waals surface area contributed by atoms with E-state index in [-0.39, 0.29) is 0 Å². The van der Waals surface area contributed by atoms with Gasteiger partial charge in [-0.3, -0.25) is 0 Å². The molecule has 0 aliphatic carbocycles. The molecule has 0 saturated carbocycles. The molecule has 1 aromatic carbocycles. The molecule has 3 heteroatoms. The highest BCUT2D eigenvalue weighted by Gasteiger charge is 2.05. The summed E-state index contributed by atoms with van der Waals surface area (Å²) in [6, 6.07) is 11.0. The van der Waals surface area contributed by atoms with Crippen LogP contribution >= 0.6 is 11.3 Å². The lowest BCUT2D eigenvalue weighted by atomic mass is 10.1. The molecule has 0 saturated heterocycles. The molecule has 0 aliphatic rings. The van der Waals surface area contributed by atoms with Gasteiger partial charge in [0.15, 0.2) is 0 Å². The maximum Gasteiger partial charge on any atom is 0.119 e. The summed E-state index contributed by atoms with van der Waals surface area (Å²) < 4.78 is 5.60. The fraction of sp³-hybridized carbons (Fsp3) is 0.412. The van der Waals surface area contributed by atoms with Gasteiger partial charge in [0.1, 0.15) is 5.75 Å². The Morgan fingerprint density at radius 2 is 2.00 bits per heavy atom. The molecule has 0 fully saturated rings. The molecule has 0 bridgehead atoms. The lowest BCUT2D eigenvalue weighted by Gasteiger charge is -2.14. The standard InChI is InChI=1S/C17H23NOS/c1-3-11-19-17-6-4-16(5-7-17)14(2)18-10-8-15-9-12-20-13-15/h4-7,9,12-14,18H,3,8,10-11H2,1-2H3. The zero-order valence-electron chi connectivity index (χ0n) is 12.3. The van der Waals surface area contributed by atoms with Crippen LogP contribution in [-0.4, -0.2) is 13.2 Å². The quantitative estimate of drug-likeness (QED) is 0.776. The van der Waals surface area contributed by atoms with Crippen molar-refractivity contribution in [1.29, 1.82) is 0 Å². The van der Waals surface area contributed by atoms with Crippen molar-refractivity contribution in [3.63, 3.8) is 0 Å². The van der Waals surface area contributed by atoms with Gasteiger partial charge < -0.3 is 10.1 Å². The monoisotopic (exact) mass is 289 g/mol. The molecule has 0 amide bonds. The van der Waals surface area contributed by atoms with E-state index >= 15 is 0 Å². The van der Waals surface area contributed by atoms with Crippen LogP contribution in [0.1, 0.15) is 37.4 Å². The number of hydrogen-bond donors (Lipinski definition) is 1. The Bertz CT molecular complexity index is 478. The van der Waals surface area contributed by atoms with E-state index in [1.165, 1.54) is 11.1 Å². The van der Waals surface area contributed by atoms with Crippen LogP contribution in [0.2, 0.25) is 0 Å². The van der Waals surface area contributed by atoms with Gasteiger partial charge in [-0.2, -0.15) is 11.3 Å². The summed E-state index contributed by atoms with van der Waals surface area (Å²) in [7, 11) is 0. The largest absolute Gasteiger partial charge is 0.494 e. The van der Waals surface area contributed by atoms with Crippen LogP contribution in [0.25, 0.3) is 0 Å². The van der Waals surface area contributed by atoms with Crippen molar-refractivity contribution >= 4 is 11.3 Å². The molecule has 1 atom stereocenters. The predicted molar refractivity (Wildman–Crippen MR) is 86.7 cm³/mol. The van der Waals surface area contributed by atoms with E-state index in [4.69, 9.17) is 4.74 Å². The molecule has 2 nitrogen and oxygen atoms in total. The predicted octanol–water partition coefficient (Wildman–Crippen LogP) is 4.43. The highest BCUT2D eigenvalue weighted by Crippen LogP contribution is 2.18. The molecule has 0 radical (unpaired) electrons. The van der Waals surface area contributed by atoms with Crippen molar-refractivity contribution in [2.45, 2.75) is 32.7 Å². The minimum Gasteiger partial charge on any atom is -0.494 e. The summed E-state index contributed by atoms with van der Waals surface area (Å²) in [6.45, 7) is 6.11. The second-order valence-electron chi connectivity index (χ2n) is 4.97. The van der Waals surface area contributed by atoms with Gasteiger partial charge in [0, 0.05) is 6.04 Å². The fourth-order valence-electron chi connectivity index (χ4n) is 2.06. The second kappa shape index (κ2) is 8.08. The first-order valence-corrected chi connectivity index (χ1v) is 8.21. The maximum absolute atomic E-state index is 5.60. The lowest BCUT2D eigenvalue weighted by molar-refractivity contribution is 0.317. The molecule has 1 aromatic heterocycles. The summed E-state index contributed by atoms with van der Waals surface area (Å²) in [5.74, 6) is 0.959. The molecule has 2 rings (SSSR count). The van der Waals surface area contributed by atoms with E-state index in [1.54, 1.807) is 11.3 Å². The van der Waals surface area contributed by atoms with E-state index in [2.05, 4.69) is 60.3 Å². The third kappa shape index (κ3) is 4.66. The Kier molecular flexibility index (Phi) is 6.09. The minimum absolute atomic E-state index is 0.369. The number of hydrogen-bond acceptors (Lipinski definition) is 3. The zero-order chi connectivity index (χ0) is 14.2. The van der Waals surface area contributed by atoms with Gasteiger partial charge in [-0.15, -0.1) is 0 Å². The smallest absolute Gasteiger partial charge is 0.119 e. The molecular formula is C17H23NOS. The van der Waals surface area contributed by atoms with E-state index in [1.807, 2.05) is 0 Å². The summed E-state index contributed by atoms with van der Waals surface area (Å²) in [4.78, 5) is 0. The van der Waals surface area contributed by atoms with Crippen LogP contribution in [0.5, 0.6) is 5.75 Å². The second-order valence-corrected chi connectivity index (χ2v) is 5.75. The van der Waals surface area contributed by atoms with Crippen molar-refractivity contribution < 1.29 is 4.74 Å². The number of nitrogens with one attached hydrogen (secondary N) is 1. The zero-order valence-corrected chi connectivity index (χ0v) is 13.1. The van der Waals surface area contributed by atoms with Crippen LogP contribution < -0.4 is 10.1 Å². The van der Waals surface area contributed by atoms with Crippen molar-refractivity contribution in [1.82, 2.24) is 5.32 Å². The highest BCUT2D eigenvalue weighted by molar-refractivity contribution is 7.07. The van der Waals surface area contributed by atoms with Crippen LogP contribution in [0.15, 0.2) is 41.1 Å². The Morgan fingerprint density at radius 3 is 2.65 bits per heavy atom. The van der Waals surface area contributed by atoms with E-state index in [9.17, 15) is 0 Å². The molecule has 1 heterocycles. The molecule has 0 spiro atoms. The summed E-state index contributed by atoms with van der Waals surface area (Å²) in [5, 5.41) is 7.91. The lowest BCUT2D eigenvalue weighted by Crippen LogP contribution is -2.21. The topological polar surface area (TPSA) is 21.3 Å². The van der Waals surface area contributed by atoms with E-state index < -0.39 is 0 Å². The third-order valence-electron chi connectivity index (χ3n) is 3.30. The molecule has 2 aromatic rings. The summed E-state index contributed by atoms with van der Waals surface area (Å²) in [5.41, 5.74) is 2.72. The highest BCUT2D eigenvalue weighted by atomic mass is 32.1. The Morgan fingerprint density at radius 1 is 1.20 bits per heavy atom. The van der Waals surface area contributed by atoms with Gasteiger partial charge in [-0.25, -0.2) is 0 Å². The fourth-order valence-corrected chi connectivity index (χ4v) is 2.76. The first kappa shape index (κ1) is 15.1. The van der Waals surface area contributed by atoms with Gasteiger partial charge in [0.2, 0.25) is 0 Å². The van der Waals surface area contributed by atoms with Crippen molar-refractivity contribution in [2.24, 2.45) is 0 Å². The Labute approximate surface area is 125 Å². The number of thiophene rings is 1. The maximum atomic E-state index is 5.60. The molecule has 108 valence electrons. The number of rotatable bonds is 8. The van der Waals surface area contributed by atoms with E-state index in [0.29, 0.717) is 6.04 Å². The van der Waals surface area contributed by atoms with E-state index in [0.717, 1.165) is 31.7 Å².